The van der Waals surface area contributed by atoms with Gasteiger partial charge in [0.1, 0.15) is 5.75 Å². The van der Waals surface area contributed by atoms with Gasteiger partial charge >= 0.3 is 5.97 Å². The molecule has 3 nitrogen and oxygen atoms in total. The van der Waals surface area contributed by atoms with E-state index >= 15 is 0 Å². The van der Waals surface area contributed by atoms with Crippen LogP contribution in [0.5, 0.6) is 5.75 Å². The lowest BCUT2D eigenvalue weighted by Gasteiger charge is -2.12. The fraction of sp³-hybridized carbons (Fsp3) is 0.235. The zero-order valence-corrected chi connectivity index (χ0v) is 11.9. The van der Waals surface area contributed by atoms with E-state index < -0.39 is 6.10 Å². The lowest BCUT2D eigenvalue weighted by molar-refractivity contribution is -0.147. The zero-order chi connectivity index (χ0) is 14.5. The predicted molar refractivity (Wildman–Crippen MR) is 78.7 cm³/mol. The van der Waals surface area contributed by atoms with Crippen molar-refractivity contribution in [2.75, 3.05) is 7.11 Å². The van der Waals surface area contributed by atoms with Gasteiger partial charge in [-0.05, 0) is 37.1 Å². The molecule has 0 aliphatic rings. The summed E-state index contributed by atoms with van der Waals surface area (Å²) in [5.74, 6) is 0.270. The number of methoxy groups -OCH3 is 1. The Bertz CT molecular complexity index is 570. The monoisotopic (exact) mass is 270 g/mol. The number of benzene rings is 2. The van der Waals surface area contributed by atoms with Crippen LogP contribution in [0.25, 0.3) is 11.1 Å². The highest BCUT2D eigenvalue weighted by Crippen LogP contribution is 2.23. The average Bonchev–Trinajstić information content (AvgIpc) is 2.48. The molecule has 0 heterocycles. The van der Waals surface area contributed by atoms with E-state index in [1.165, 1.54) is 12.7 Å². The third kappa shape index (κ3) is 3.38. The third-order valence-corrected chi connectivity index (χ3v) is 3.09. The molecule has 0 saturated heterocycles. The average molecular weight is 270 g/mol. The molecule has 1 atom stereocenters. The quantitative estimate of drug-likeness (QED) is 0.796. The minimum atomic E-state index is -0.606. The summed E-state index contributed by atoms with van der Waals surface area (Å²) in [6.45, 7) is 3.73. The van der Waals surface area contributed by atoms with E-state index in [2.05, 4.69) is 35.9 Å². The van der Waals surface area contributed by atoms with Crippen LogP contribution in [0, 0.1) is 6.92 Å². The van der Waals surface area contributed by atoms with Gasteiger partial charge in [0.05, 0.1) is 7.11 Å². The van der Waals surface area contributed by atoms with Crippen LogP contribution in [0.15, 0.2) is 48.5 Å². The zero-order valence-electron chi connectivity index (χ0n) is 11.9. The van der Waals surface area contributed by atoms with Gasteiger partial charge in [0.25, 0.3) is 0 Å². The van der Waals surface area contributed by atoms with Crippen molar-refractivity contribution in [1.29, 1.82) is 0 Å². The third-order valence-electron chi connectivity index (χ3n) is 3.09. The molecular weight excluding hydrogens is 252 g/mol. The minimum absolute atomic E-state index is 0.382. The van der Waals surface area contributed by atoms with Crippen molar-refractivity contribution in [3.8, 4) is 16.9 Å². The van der Waals surface area contributed by atoms with Gasteiger partial charge in [-0.3, -0.25) is 0 Å². The molecule has 0 aromatic heterocycles. The van der Waals surface area contributed by atoms with E-state index in [1.807, 2.05) is 24.3 Å². The minimum Gasteiger partial charge on any atom is -0.479 e. The molecule has 0 fully saturated rings. The largest absolute Gasteiger partial charge is 0.479 e. The van der Waals surface area contributed by atoms with Gasteiger partial charge in [0.15, 0.2) is 6.10 Å². The van der Waals surface area contributed by atoms with Gasteiger partial charge in [-0.15, -0.1) is 0 Å². The molecule has 0 bridgehead atoms. The molecular formula is C17H18O3. The fourth-order valence-electron chi connectivity index (χ4n) is 1.89. The maximum absolute atomic E-state index is 11.3. The SMILES string of the molecule is COC(=O)C(C)Oc1ccc(-c2ccc(C)cc2)cc1. The van der Waals surface area contributed by atoms with Crippen LogP contribution in [0.2, 0.25) is 0 Å². The predicted octanol–water partition coefficient (Wildman–Crippen LogP) is 3.60. The van der Waals surface area contributed by atoms with Crippen molar-refractivity contribution in [3.63, 3.8) is 0 Å². The first-order valence-corrected chi connectivity index (χ1v) is 6.52. The van der Waals surface area contributed by atoms with Crippen LogP contribution in [-0.4, -0.2) is 19.2 Å². The summed E-state index contributed by atoms with van der Waals surface area (Å²) in [6.07, 6.45) is -0.606. The van der Waals surface area contributed by atoms with Crippen LogP contribution in [-0.2, 0) is 9.53 Å². The molecule has 0 aliphatic carbocycles. The molecule has 0 amide bonds. The van der Waals surface area contributed by atoms with Crippen molar-refractivity contribution in [3.05, 3.63) is 54.1 Å². The Morgan fingerprint density at radius 2 is 1.45 bits per heavy atom. The van der Waals surface area contributed by atoms with E-state index in [1.54, 1.807) is 6.92 Å². The maximum atomic E-state index is 11.3. The highest BCUT2D eigenvalue weighted by atomic mass is 16.6. The van der Waals surface area contributed by atoms with E-state index in [4.69, 9.17) is 4.74 Å². The van der Waals surface area contributed by atoms with Crippen molar-refractivity contribution in [2.24, 2.45) is 0 Å². The molecule has 0 saturated carbocycles. The molecule has 2 aromatic rings. The Kier molecular flexibility index (Phi) is 4.41. The highest BCUT2D eigenvalue weighted by molar-refractivity contribution is 5.74. The number of carbonyl (C=O) groups is 1. The normalized spacial score (nSPS) is 11.8. The lowest BCUT2D eigenvalue weighted by atomic mass is 10.0. The van der Waals surface area contributed by atoms with Crippen LogP contribution in [0.3, 0.4) is 0 Å². The number of esters is 1. The van der Waals surface area contributed by atoms with E-state index in [9.17, 15) is 4.79 Å². The maximum Gasteiger partial charge on any atom is 0.346 e. The number of hydrogen-bond acceptors (Lipinski definition) is 3. The number of ether oxygens (including phenoxy) is 2. The molecule has 2 aromatic carbocycles. The van der Waals surface area contributed by atoms with E-state index in [-0.39, 0.29) is 5.97 Å². The first-order chi connectivity index (χ1) is 9.60. The Morgan fingerprint density at radius 3 is 1.95 bits per heavy atom. The van der Waals surface area contributed by atoms with Gasteiger partial charge in [-0.25, -0.2) is 4.79 Å². The van der Waals surface area contributed by atoms with Crippen molar-refractivity contribution in [1.82, 2.24) is 0 Å². The second-order valence-corrected chi connectivity index (χ2v) is 4.67. The first kappa shape index (κ1) is 14.1. The summed E-state index contributed by atoms with van der Waals surface area (Å²) in [4.78, 5) is 11.3. The number of hydrogen-bond donors (Lipinski definition) is 0. The van der Waals surface area contributed by atoms with Gasteiger partial charge in [0.2, 0.25) is 0 Å². The first-order valence-electron chi connectivity index (χ1n) is 6.52. The molecule has 20 heavy (non-hydrogen) atoms. The highest BCUT2D eigenvalue weighted by Gasteiger charge is 2.14. The lowest BCUT2D eigenvalue weighted by Crippen LogP contribution is -2.24. The molecule has 0 N–H and O–H groups in total. The molecule has 0 aliphatic heterocycles. The van der Waals surface area contributed by atoms with Crippen molar-refractivity contribution in [2.45, 2.75) is 20.0 Å². The van der Waals surface area contributed by atoms with Crippen LogP contribution in [0.1, 0.15) is 12.5 Å². The van der Waals surface area contributed by atoms with Crippen LogP contribution in [0.4, 0.5) is 0 Å². The van der Waals surface area contributed by atoms with E-state index in [0.717, 1.165) is 11.1 Å². The second-order valence-electron chi connectivity index (χ2n) is 4.67. The Morgan fingerprint density at radius 1 is 0.950 bits per heavy atom. The fourth-order valence-corrected chi connectivity index (χ4v) is 1.89. The Balaban J connectivity index is 2.10. The summed E-state index contributed by atoms with van der Waals surface area (Å²) in [5, 5.41) is 0. The number of rotatable bonds is 4. The molecule has 3 heteroatoms. The van der Waals surface area contributed by atoms with Crippen LogP contribution < -0.4 is 4.74 Å². The standard InChI is InChI=1S/C17H18O3/c1-12-4-6-14(7-5-12)15-8-10-16(11-9-15)20-13(2)17(18)19-3/h4-11,13H,1-3H3. The summed E-state index contributed by atoms with van der Waals surface area (Å²) in [5.41, 5.74) is 3.51. The van der Waals surface area contributed by atoms with Crippen molar-refractivity contribution >= 4 is 5.97 Å². The Hall–Kier alpha value is -2.29. The van der Waals surface area contributed by atoms with Gasteiger partial charge in [0, 0.05) is 0 Å². The number of carbonyl (C=O) groups excluding carboxylic acids is 1. The molecule has 2 rings (SSSR count). The second kappa shape index (κ2) is 6.24. The Labute approximate surface area is 119 Å². The van der Waals surface area contributed by atoms with Crippen molar-refractivity contribution < 1.29 is 14.3 Å². The van der Waals surface area contributed by atoms with Gasteiger partial charge < -0.3 is 9.47 Å². The van der Waals surface area contributed by atoms with Crippen LogP contribution >= 0.6 is 0 Å². The smallest absolute Gasteiger partial charge is 0.346 e. The number of aryl methyl sites for hydroxylation is 1. The van der Waals surface area contributed by atoms with Gasteiger partial charge in [-0.2, -0.15) is 0 Å². The summed E-state index contributed by atoms with van der Waals surface area (Å²) in [6, 6.07) is 16.0. The molecule has 1 unspecified atom stereocenters. The molecule has 104 valence electrons. The summed E-state index contributed by atoms with van der Waals surface area (Å²) >= 11 is 0. The summed E-state index contributed by atoms with van der Waals surface area (Å²) in [7, 11) is 1.35. The van der Waals surface area contributed by atoms with E-state index in [0.29, 0.717) is 5.75 Å². The topological polar surface area (TPSA) is 35.5 Å². The summed E-state index contributed by atoms with van der Waals surface area (Å²) < 4.78 is 10.1. The van der Waals surface area contributed by atoms with Gasteiger partial charge in [-0.1, -0.05) is 42.0 Å². The molecule has 0 spiro atoms. The molecule has 0 radical (unpaired) electrons.